The molecular weight excluding hydrogens is 217 g/mol. The van der Waals surface area contributed by atoms with Gasteiger partial charge in [-0.15, -0.1) is 0 Å². The lowest BCUT2D eigenvalue weighted by Gasteiger charge is -2.17. The molecule has 3 nitrogen and oxygen atoms in total. The highest BCUT2D eigenvalue weighted by atomic mass is 19.1. The predicted molar refractivity (Wildman–Crippen MR) is 65.2 cm³/mol. The van der Waals surface area contributed by atoms with Crippen LogP contribution in [0.4, 0.5) is 10.1 Å². The molecule has 1 unspecified atom stereocenters. The van der Waals surface area contributed by atoms with E-state index in [-0.39, 0.29) is 5.82 Å². The first-order valence-electron chi connectivity index (χ1n) is 5.96. The molecule has 90 valence electrons. The van der Waals surface area contributed by atoms with Crippen LogP contribution in [0.3, 0.4) is 0 Å². The smallest absolute Gasteiger partial charge is 0.147 e. The average Bonchev–Trinajstić information content (AvgIpc) is 2.60. The van der Waals surface area contributed by atoms with E-state index in [0.717, 1.165) is 32.4 Å². The van der Waals surface area contributed by atoms with Crippen molar-refractivity contribution in [2.45, 2.75) is 25.3 Å². The second-order valence-electron chi connectivity index (χ2n) is 4.33. The molecule has 0 spiro atoms. The van der Waals surface area contributed by atoms with E-state index < -0.39 is 0 Å². The van der Waals surface area contributed by atoms with Gasteiger partial charge in [0.2, 0.25) is 0 Å². The third-order valence-electron chi connectivity index (χ3n) is 3.03. The minimum absolute atomic E-state index is 0.312. The fourth-order valence-electron chi connectivity index (χ4n) is 2.09. The molecule has 1 fully saturated rings. The van der Waals surface area contributed by atoms with E-state index in [1.165, 1.54) is 6.07 Å². The predicted octanol–water partition coefficient (Wildman–Crippen LogP) is 2.25. The molecule has 1 aromatic carbocycles. The highest BCUT2D eigenvalue weighted by molar-refractivity contribution is 5.49. The number of nitrogens with one attached hydrogen (secondary N) is 2. The molecule has 17 heavy (non-hydrogen) atoms. The molecule has 0 aliphatic carbocycles. The zero-order valence-electron chi connectivity index (χ0n) is 9.67. The second-order valence-corrected chi connectivity index (χ2v) is 4.33. The molecule has 0 radical (unpaired) electrons. The molecular formula is C13H16FN3. The zero-order chi connectivity index (χ0) is 12.1. The van der Waals surface area contributed by atoms with E-state index >= 15 is 0 Å². The van der Waals surface area contributed by atoms with Crippen molar-refractivity contribution in [3.63, 3.8) is 0 Å². The van der Waals surface area contributed by atoms with Gasteiger partial charge in [0, 0.05) is 6.04 Å². The van der Waals surface area contributed by atoms with Gasteiger partial charge in [-0.1, -0.05) is 0 Å². The monoisotopic (exact) mass is 233 g/mol. The van der Waals surface area contributed by atoms with Crippen LogP contribution >= 0.6 is 0 Å². The third-order valence-corrected chi connectivity index (χ3v) is 3.03. The number of anilines is 1. The van der Waals surface area contributed by atoms with Crippen LogP contribution in [-0.4, -0.2) is 19.1 Å². The maximum Gasteiger partial charge on any atom is 0.147 e. The molecule has 0 aromatic heterocycles. The first kappa shape index (κ1) is 11.9. The van der Waals surface area contributed by atoms with Crippen LogP contribution in [0.1, 0.15) is 24.8 Å². The van der Waals surface area contributed by atoms with Gasteiger partial charge < -0.3 is 10.6 Å². The number of hydrogen-bond donors (Lipinski definition) is 2. The van der Waals surface area contributed by atoms with Crippen LogP contribution < -0.4 is 10.6 Å². The lowest BCUT2D eigenvalue weighted by Crippen LogP contribution is -2.22. The summed E-state index contributed by atoms with van der Waals surface area (Å²) in [4.78, 5) is 0. The molecule has 1 atom stereocenters. The Balaban J connectivity index is 2.05. The molecule has 0 saturated carbocycles. The number of rotatable bonds is 2. The maximum absolute atomic E-state index is 13.7. The SMILES string of the molecule is N#Cc1ccc(NC2CCCNCC2)c(F)c1. The molecule has 1 heterocycles. The number of nitriles is 1. The fourth-order valence-corrected chi connectivity index (χ4v) is 2.09. The number of benzene rings is 1. The highest BCUT2D eigenvalue weighted by Crippen LogP contribution is 2.19. The van der Waals surface area contributed by atoms with Gasteiger partial charge in [-0.25, -0.2) is 4.39 Å². The van der Waals surface area contributed by atoms with E-state index in [1.54, 1.807) is 12.1 Å². The highest BCUT2D eigenvalue weighted by Gasteiger charge is 2.13. The standard InChI is InChI=1S/C13H16FN3/c14-12-8-10(9-15)3-4-13(12)17-11-2-1-6-16-7-5-11/h3-4,8,11,16-17H,1-2,5-7H2. The van der Waals surface area contributed by atoms with Gasteiger partial charge in [0.1, 0.15) is 5.82 Å². The average molecular weight is 233 g/mol. The molecule has 2 rings (SSSR count). The summed E-state index contributed by atoms with van der Waals surface area (Å²) in [6.45, 7) is 2.00. The van der Waals surface area contributed by atoms with Crippen LogP contribution in [-0.2, 0) is 0 Å². The number of halogens is 1. The summed E-state index contributed by atoms with van der Waals surface area (Å²) in [5.41, 5.74) is 0.853. The Bertz CT molecular complexity index is 417. The van der Waals surface area contributed by atoms with Crippen molar-refractivity contribution in [1.82, 2.24) is 5.32 Å². The van der Waals surface area contributed by atoms with E-state index in [0.29, 0.717) is 17.3 Å². The minimum Gasteiger partial charge on any atom is -0.380 e. The number of nitrogens with zero attached hydrogens (tertiary/aromatic N) is 1. The van der Waals surface area contributed by atoms with Gasteiger partial charge in [-0.05, 0) is 50.6 Å². The van der Waals surface area contributed by atoms with E-state index in [9.17, 15) is 4.39 Å². The largest absolute Gasteiger partial charge is 0.380 e. The summed E-state index contributed by atoms with van der Waals surface area (Å²) < 4.78 is 13.7. The molecule has 1 aliphatic rings. The second kappa shape index (κ2) is 5.65. The Morgan fingerprint density at radius 3 is 3.00 bits per heavy atom. The van der Waals surface area contributed by atoms with Crippen molar-refractivity contribution in [2.24, 2.45) is 0 Å². The Kier molecular flexibility index (Phi) is 3.94. The normalized spacial score (nSPS) is 20.4. The molecule has 0 bridgehead atoms. The van der Waals surface area contributed by atoms with Gasteiger partial charge in [0.25, 0.3) is 0 Å². The van der Waals surface area contributed by atoms with Crippen molar-refractivity contribution in [3.8, 4) is 6.07 Å². The molecule has 1 aliphatic heterocycles. The first-order chi connectivity index (χ1) is 8.29. The topological polar surface area (TPSA) is 47.9 Å². The van der Waals surface area contributed by atoms with Crippen LogP contribution in [0, 0.1) is 17.1 Å². The number of hydrogen-bond acceptors (Lipinski definition) is 3. The van der Waals surface area contributed by atoms with Crippen molar-refractivity contribution in [1.29, 1.82) is 5.26 Å². The van der Waals surface area contributed by atoms with Crippen molar-refractivity contribution < 1.29 is 4.39 Å². The molecule has 4 heteroatoms. The Morgan fingerprint density at radius 2 is 2.24 bits per heavy atom. The summed E-state index contributed by atoms with van der Waals surface area (Å²) in [6, 6.07) is 6.80. The molecule has 1 aromatic rings. The van der Waals surface area contributed by atoms with Gasteiger partial charge in [-0.2, -0.15) is 5.26 Å². The van der Waals surface area contributed by atoms with Crippen molar-refractivity contribution in [2.75, 3.05) is 18.4 Å². The van der Waals surface area contributed by atoms with Gasteiger partial charge in [-0.3, -0.25) is 0 Å². The van der Waals surface area contributed by atoms with Crippen LogP contribution in [0.2, 0.25) is 0 Å². The summed E-state index contributed by atoms with van der Waals surface area (Å²) in [5.74, 6) is -0.346. The maximum atomic E-state index is 13.7. The van der Waals surface area contributed by atoms with E-state index in [4.69, 9.17) is 5.26 Å². The summed E-state index contributed by atoms with van der Waals surface area (Å²) >= 11 is 0. The van der Waals surface area contributed by atoms with Gasteiger partial charge in [0.05, 0.1) is 17.3 Å². The van der Waals surface area contributed by atoms with Crippen LogP contribution in [0.25, 0.3) is 0 Å². The zero-order valence-corrected chi connectivity index (χ0v) is 9.67. The van der Waals surface area contributed by atoms with E-state index in [2.05, 4.69) is 10.6 Å². The first-order valence-corrected chi connectivity index (χ1v) is 5.96. The Labute approximate surface area is 101 Å². The Hall–Kier alpha value is -1.60. The van der Waals surface area contributed by atoms with Crippen LogP contribution in [0.15, 0.2) is 18.2 Å². The summed E-state index contributed by atoms with van der Waals surface area (Å²) in [7, 11) is 0. The third kappa shape index (κ3) is 3.18. The van der Waals surface area contributed by atoms with Gasteiger partial charge >= 0.3 is 0 Å². The van der Waals surface area contributed by atoms with Crippen LogP contribution in [0.5, 0.6) is 0 Å². The van der Waals surface area contributed by atoms with Crippen molar-refractivity contribution in [3.05, 3.63) is 29.6 Å². The quantitative estimate of drug-likeness (QED) is 0.823. The lowest BCUT2D eigenvalue weighted by molar-refractivity contribution is 0.605. The van der Waals surface area contributed by atoms with E-state index in [1.807, 2.05) is 6.07 Å². The fraction of sp³-hybridized carbons (Fsp3) is 0.462. The van der Waals surface area contributed by atoms with Crippen molar-refractivity contribution >= 4 is 5.69 Å². The Morgan fingerprint density at radius 1 is 1.35 bits per heavy atom. The lowest BCUT2D eigenvalue weighted by atomic mass is 10.1. The van der Waals surface area contributed by atoms with Gasteiger partial charge in [0.15, 0.2) is 0 Å². The molecule has 2 N–H and O–H groups in total. The summed E-state index contributed by atoms with van der Waals surface area (Å²) in [6.07, 6.45) is 3.15. The summed E-state index contributed by atoms with van der Waals surface area (Å²) in [5, 5.41) is 15.2. The molecule has 0 amide bonds. The molecule has 1 saturated heterocycles. The minimum atomic E-state index is -0.346.